The van der Waals surface area contributed by atoms with Gasteiger partial charge in [0, 0.05) is 7.11 Å². The van der Waals surface area contributed by atoms with Crippen molar-refractivity contribution in [3.8, 4) is 0 Å². The number of nitrogens with one attached hydrogen (secondary N) is 1. The van der Waals surface area contributed by atoms with Crippen molar-refractivity contribution in [3.63, 3.8) is 0 Å². The van der Waals surface area contributed by atoms with Gasteiger partial charge in [0.2, 0.25) is 0 Å². The average molecular weight is 218 g/mol. The molecule has 5 heteroatoms. The van der Waals surface area contributed by atoms with Gasteiger partial charge in [-0.1, -0.05) is 12.1 Å². The van der Waals surface area contributed by atoms with Crippen molar-refractivity contribution in [2.75, 3.05) is 13.7 Å². The van der Waals surface area contributed by atoms with Gasteiger partial charge in [-0.2, -0.15) is 0 Å². The Morgan fingerprint density at radius 3 is 2.81 bits per heavy atom. The van der Waals surface area contributed by atoms with E-state index in [1.165, 1.54) is 0 Å². The standard InChI is InChI=1S/C11H14N4O/c1-16-7-11(15-12)10-6-13-8-4-2-3-5-9(8)14-10/h2-6,11,15H,7,12H2,1H3. The van der Waals surface area contributed by atoms with Gasteiger partial charge in [-0.15, -0.1) is 0 Å². The van der Waals surface area contributed by atoms with E-state index in [0.717, 1.165) is 16.7 Å². The monoisotopic (exact) mass is 218 g/mol. The first-order valence-electron chi connectivity index (χ1n) is 5.02. The predicted octanol–water partition coefficient (Wildman–Crippen LogP) is 0.781. The lowest BCUT2D eigenvalue weighted by Gasteiger charge is -2.13. The van der Waals surface area contributed by atoms with Crippen LogP contribution in [0.5, 0.6) is 0 Å². The molecule has 0 bridgehead atoms. The van der Waals surface area contributed by atoms with Gasteiger partial charge in [-0.25, -0.2) is 10.4 Å². The molecule has 1 heterocycles. The second kappa shape index (κ2) is 4.98. The largest absolute Gasteiger partial charge is 0.383 e. The molecule has 3 N–H and O–H groups in total. The zero-order chi connectivity index (χ0) is 11.4. The van der Waals surface area contributed by atoms with E-state index in [1.807, 2.05) is 24.3 Å². The number of ether oxygens (including phenoxy) is 1. The highest BCUT2D eigenvalue weighted by Gasteiger charge is 2.11. The SMILES string of the molecule is COCC(NN)c1cnc2ccccc2n1. The van der Waals surface area contributed by atoms with Crippen molar-refractivity contribution in [2.45, 2.75) is 6.04 Å². The molecular weight excluding hydrogens is 204 g/mol. The fourth-order valence-electron chi connectivity index (χ4n) is 1.52. The molecule has 0 aliphatic rings. The van der Waals surface area contributed by atoms with Crippen LogP contribution in [0.25, 0.3) is 11.0 Å². The minimum absolute atomic E-state index is 0.137. The quantitative estimate of drug-likeness (QED) is 0.586. The van der Waals surface area contributed by atoms with Crippen LogP contribution in [0.15, 0.2) is 30.5 Å². The molecule has 1 unspecified atom stereocenters. The minimum atomic E-state index is -0.137. The Morgan fingerprint density at radius 2 is 2.12 bits per heavy atom. The molecule has 1 atom stereocenters. The summed E-state index contributed by atoms with van der Waals surface area (Å²) < 4.78 is 5.05. The topological polar surface area (TPSA) is 73.1 Å². The van der Waals surface area contributed by atoms with Crippen LogP contribution < -0.4 is 11.3 Å². The van der Waals surface area contributed by atoms with Crippen LogP contribution in [-0.4, -0.2) is 23.7 Å². The summed E-state index contributed by atoms with van der Waals surface area (Å²) in [6, 6.07) is 7.58. The Labute approximate surface area is 93.6 Å². The van der Waals surface area contributed by atoms with Gasteiger partial charge in [0.05, 0.1) is 35.6 Å². The summed E-state index contributed by atoms with van der Waals surface area (Å²) in [5.74, 6) is 5.44. The molecule has 84 valence electrons. The number of nitrogens with two attached hydrogens (primary N) is 1. The Hall–Kier alpha value is -1.56. The van der Waals surface area contributed by atoms with Gasteiger partial charge in [0.25, 0.3) is 0 Å². The first kappa shape index (κ1) is 10.9. The van der Waals surface area contributed by atoms with Crippen molar-refractivity contribution in [2.24, 2.45) is 5.84 Å². The Morgan fingerprint density at radius 1 is 1.38 bits per heavy atom. The number of nitrogens with zero attached hydrogens (tertiary/aromatic N) is 2. The average Bonchev–Trinajstić information content (AvgIpc) is 2.35. The van der Waals surface area contributed by atoms with E-state index in [4.69, 9.17) is 10.6 Å². The molecule has 1 aromatic carbocycles. The molecule has 0 fully saturated rings. The first-order valence-corrected chi connectivity index (χ1v) is 5.02. The summed E-state index contributed by atoms with van der Waals surface area (Å²) in [7, 11) is 1.62. The van der Waals surface area contributed by atoms with Gasteiger partial charge in [0.15, 0.2) is 0 Å². The van der Waals surface area contributed by atoms with Crippen LogP contribution in [0.4, 0.5) is 0 Å². The van der Waals surface area contributed by atoms with E-state index in [2.05, 4.69) is 15.4 Å². The number of hydrazine groups is 1. The molecule has 16 heavy (non-hydrogen) atoms. The summed E-state index contributed by atoms with van der Waals surface area (Å²) in [5.41, 5.74) is 5.17. The van der Waals surface area contributed by atoms with Crippen molar-refractivity contribution >= 4 is 11.0 Å². The lowest BCUT2D eigenvalue weighted by atomic mass is 10.2. The lowest BCUT2D eigenvalue weighted by molar-refractivity contribution is 0.166. The van der Waals surface area contributed by atoms with Crippen LogP contribution >= 0.6 is 0 Å². The van der Waals surface area contributed by atoms with E-state index in [0.29, 0.717) is 6.61 Å². The molecule has 0 saturated heterocycles. The van der Waals surface area contributed by atoms with Crippen molar-refractivity contribution in [1.29, 1.82) is 0 Å². The Kier molecular flexibility index (Phi) is 3.40. The van der Waals surface area contributed by atoms with E-state index >= 15 is 0 Å². The summed E-state index contributed by atoms with van der Waals surface area (Å²) in [5, 5.41) is 0. The number of para-hydroxylation sites is 2. The maximum absolute atomic E-state index is 5.44. The Balaban J connectivity index is 2.37. The zero-order valence-corrected chi connectivity index (χ0v) is 9.05. The van der Waals surface area contributed by atoms with Gasteiger partial charge >= 0.3 is 0 Å². The Bertz CT molecular complexity index is 474. The van der Waals surface area contributed by atoms with Crippen molar-refractivity contribution < 1.29 is 4.74 Å². The van der Waals surface area contributed by atoms with Crippen LogP contribution in [0.2, 0.25) is 0 Å². The van der Waals surface area contributed by atoms with Gasteiger partial charge < -0.3 is 4.74 Å². The molecule has 1 aromatic heterocycles. The maximum atomic E-state index is 5.44. The van der Waals surface area contributed by atoms with E-state index in [9.17, 15) is 0 Å². The molecule has 0 aliphatic carbocycles. The van der Waals surface area contributed by atoms with Crippen molar-refractivity contribution in [3.05, 3.63) is 36.2 Å². The molecule has 0 radical (unpaired) electrons. The number of aromatic nitrogens is 2. The van der Waals surface area contributed by atoms with Gasteiger partial charge in [-0.05, 0) is 12.1 Å². The van der Waals surface area contributed by atoms with E-state index < -0.39 is 0 Å². The molecule has 0 saturated carbocycles. The molecule has 0 spiro atoms. The number of hydrogen-bond donors (Lipinski definition) is 2. The predicted molar refractivity (Wildman–Crippen MR) is 61.5 cm³/mol. The minimum Gasteiger partial charge on any atom is -0.383 e. The smallest absolute Gasteiger partial charge is 0.0890 e. The third-order valence-corrected chi connectivity index (χ3v) is 2.36. The second-order valence-corrected chi connectivity index (χ2v) is 3.46. The summed E-state index contributed by atoms with van der Waals surface area (Å²) in [6.45, 7) is 0.462. The zero-order valence-electron chi connectivity index (χ0n) is 9.05. The highest BCUT2D eigenvalue weighted by Crippen LogP contribution is 2.13. The van der Waals surface area contributed by atoms with E-state index in [1.54, 1.807) is 13.3 Å². The first-order chi connectivity index (χ1) is 7.85. The fraction of sp³-hybridized carbons (Fsp3) is 0.273. The van der Waals surface area contributed by atoms with Crippen molar-refractivity contribution in [1.82, 2.24) is 15.4 Å². The number of methoxy groups -OCH3 is 1. The number of benzene rings is 1. The molecule has 0 aliphatic heterocycles. The molecule has 2 rings (SSSR count). The lowest BCUT2D eigenvalue weighted by Crippen LogP contribution is -2.31. The van der Waals surface area contributed by atoms with Gasteiger partial charge in [-0.3, -0.25) is 10.8 Å². The summed E-state index contributed by atoms with van der Waals surface area (Å²) in [6.07, 6.45) is 1.71. The summed E-state index contributed by atoms with van der Waals surface area (Å²) >= 11 is 0. The highest BCUT2D eigenvalue weighted by atomic mass is 16.5. The third kappa shape index (κ3) is 2.16. The number of hydrogen-bond acceptors (Lipinski definition) is 5. The van der Waals surface area contributed by atoms with Gasteiger partial charge in [0.1, 0.15) is 0 Å². The normalized spacial score (nSPS) is 12.9. The molecule has 0 amide bonds. The number of fused-ring (bicyclic) bond motifs is 1. The molecular formula is C11H14N4O. The van der Waals surface area contributed by atoms with Crippen LogP contribution in [0, 0.1) is 0 Å². The van der Waals surface area contributed by atoms with Crippen LogP contribution in [0.1, 0.15) is 11.7 Å². The fourth-order valence-corrected chi connectivity index (χ4v) is 1.52. The highest BCUT2D eigenvalue weighted by molar-refractivity contribution is 5.73. The molecule has 5 nitrogen and oxygen atoms in total. The van der Waals surface area contributed by atoms with Crippen LogP contribution in [0.3, 0.4) is 0 Å². The summed E-state index contributed by atoms with van der Waals surface area (Å²) in [4.78, 5) is 8.80. The number of rotatable bonds is 4. The third-order valence-electron chi connectivity index (χ3n) is 2.36. The van der Waals surface area contributed by atoms with E-state index in [-0.39, 0.29) is 6.04 Å². The second-order valence-electron chi connectivity index (χ2n) is 3.46. The molecule has 2 aromatic rings. The van der Waals surface area contributed by atoms with Crippen LogP contribution in [-0.2, 0) is 4.74 Å². The maximum Gasteiger partial charge on any atom is 0.0890 e.